The van der Waals surface area contributed by atoms with Crippen LogP contribution >= 0.6 is 0 Å². The van der Waals surface area contributed by atoms with Gasteiger partial charge in [0.25, 0.3) is 0 Å². The van der Waals surface area contributed by atoms with Crippen molar-refractivity contribution in [3.63, 3.8) is 0 Å². The molecule has 0 radical (unpaired) electrons. The van der Waals surface area contributed by atoms with Gasteiger partial charge in [0.15, 0.2) is 0 Å². The fraction of sp³-hybridized carbons (Fsp3) is 0.909. The molecule has 0 bridgehead atoms. The molecule has 0 aromatic rings. The van der Waals surface area contributed by atoms with Crippen molar-refractivity contribution in [2.75, 3.05) is 18.6 Å². The molecule has 0 aromatic heterocycles. The molecule has 1 unspecified atom stereocenters. The number of hydrogen-bond acceptors (Lipinski definition) is 3. The second-order valence-electron chi connectivity index (χ2n) is 4.75. The Hall–Kier alpha value is -0.580. The maximum Gasteiger partial charge on any atom is 0.223 e. The summed E-state index contributed by atoms with van der Waals surface area (Å²) in [7, 11) is -2.98. The highest BCUT2D eigenvalue weighted by atomic mass is 32.2. The first-order valence-corrected chi connectivity index (χ1v) is 7.91. The summed E-state index contributed by atoms with van der Waals surface area (Å²) in [6.07, 6.45) is 5.86. The van der Waals surface area contributed by atoms with E-state index in [0.717, 1.165) is 12.8 Å². The SMILES string of the molecule is CC(C(=O)NCCS(C)(=O)=O)C1CCCC1. The molecule has 5 heteroatoms. The zero-order valence-corrected chi connectivity index (χ0v) is 10.8. The lowest BCUT2D eigenvalue weighted by atomic mass is 9.92. The monoisotopic (exact) mass is 247 g/mol. The summed E-state index contributed by atoms with van der Waals surface area (Å²) in [5, 5.41) is 2.70. The molecular weight excluding hydrogens is 226 g/mol. The topological polar surface area (TPSA) is 63.2 Å². The van der Waals surface area contributed by atoms with Gasteiger partial charge in [-0.3, -0.25) is 4.79 Å². The van der Waals surface area contributed by atoms with Crippen LogP contribution < -0.4 is 5.32 Å². The number of amides is 1. The van der Waals surface area contributed by atoms with Gasteiger partial charge < -0.3 is 5.32 Å². The lowest BCUT2D eigenvalue weighted by Gasteiger charge is -2.17. The van der Waals surface area contributed by atoms with E-state index >= 15 is 0 Å². The Bertz CT molecular complexity index is 331. The first-order chi connectivity index (χ1) is 7.40. The molecule has 0 heterocycles. The van der Waals surface area contributed by atoms with Gasteiger partial charge in [0, 0.05) is 18.7 Å². The van der Waals surface area contributed by atoms with E-state index in [1.165, 1.54) is 19.1 Å². The van der Waals surface area contributed by atoms with Gasteiger partial charge in [-0.15, -0.1) is 0 Å². The molecule has 0 aromatic carbocycles. The zero-order valence-electron chi connectivity index (χ0n) is 10.0. The highest BCUT2D eigenvalue weighted by molar-refractivity contribution is 7.90. The van der Waals surface area contributed by atoms with E-state index in [1.54, 1.807) is 0 Å². The number of rotatable bonds is 5. The molecule has 1 amide bonds. The molecular formula is C11H21NO3S. The van der Waals surface area contributed by atoms with Gasteiger partial charge in [-0.1, -0.05) is 19.8 Å². The van der Waals surface area contributed by atoms with Crippen LogP contribution in [0.15, 0.2) is 0 Å². The summed E-state index contributed by atoms with van der Waals surface area (Å²) in [6, 6.07) is 0. The molecule has 1 saturated carbocycles. The van der Waals surface area contributed by atoms with Gasteiger partial charge in [-0.25, -0.2) is 8.42 Å². The first-order valence-electron chi connectivity index (χ1n) is 5.85. The minimum absolute atomic E-state index is 0.00412. The smallest absolute Gasteiger partial charge is 0.223 e. The van der Waals surface area contributed by atoms with Crippen LogP contribution in [0, 0.1) is 11.8 Å². The molecule has 1 atom stereocenters. The lowest BCUT2D eigenvalue weighted by molar-refractivity contribution is -0.125. The van der Waals surface area contributed by atoms with Crippen LogP contribution in [0.5, 0.6) is 0 Å². The van der Waals surface area contributed by atoms with Crippen molar-refractivity contribution >= 4 is 15.7 Å². The van der Waals surface area contributed by atoms with Crippen molar-refractivity contribution in [1.82, 2.24) is 5.32 Å². The Morgan fingerprint density at radius 1 is 1.38 bits per heavy atom. The van der Waals surface area contributed by atoms with Gasteiger partial charge in [-0.05, 0) is 18.8 Å². The van der Waals surface area contributed by atoms with Gasteiger partial charge in [-0.2, -0.15) is 0 Å². The average Bonchev–Trinajstić information content (AvgIpc) is 2.67. The Morgan fingerprint density at radius 3 is 2.44 bits per heavy atom. The van der Waals surface area contributed by atoms with E-state index in [4.69, 9.17) is 0 Å². The maximum atomic E-state index is 11.7. The van der Waals surface area contributed by atoms with Crippen molar-refractivity contribution in [1.29, 1.82) is 0 Å². The van der Waals surface area contributed by atoms with Crippen LogP contribution in [0.25, 0.3) is 0 Å². The normalized spacial score (nSPS) is 19.6. The largest absolute Gasteiger partial charge is 0.355 e. The van der Waals surface area contributed by atoms with Crippen molar-refractivity contribution in [2.45, 2.75) is 32.6 Å². The molecule has 1 aliphatic rings. The minimum Gasteiger partial charge on any atom is -0.355 e. The summed E-state index contributed by atoms with van der Waals surface area (Å²) in [6.45, 7) is 2.17. The molecule has 4 nitrogen and oxygen atoms in total. The van der Waals surface area contributed by atoms with E-state index in [2.05, 4.69) is 5.32 Å². The molecule has 16 heavy (non-hydrogen) atoms. The summed E-state index contributed by atoms with van der Waals surface area (Å²) >= 11 is 0. The van der Waals surface area contributed by atoms with Gasteiger partial charge in [0.2, 0.25) is 5.91 Å². The van der Waals surface area contributed by atoms with Crippen molar-refractivity contribution < 1.29 is 13.2 Å². The van der Waals surface area contributed by atoms with E-state index in [9.17, 15) is 13.2 Å². The molecule has 0 aliphatic heterocycles. The number of sulfone groups is 1. The van der Waals surface area contributed by atoms with Gasteiger partial charge >= 0.3 is 0 Å². The molecule has 1 rings (SSSR count). The van der Waals surface area contributed by atoms with Crippen molar-refractivity contribution in [3.05, 3.63) is 0 Å². The molecule has 1 aliphatic carbocycles. The predicted octanol–water partition coefficient (Wildman–Crippen LogP) is 0.973. The zero-order chi connectivity index (χ0) is 12.2. The average molecular weight is 247 g/mol. The summed E-state index contributed by atoms with van der Waals surface area (Å²) in [5.41, 5.74) is 0. The highest BCUT2D eigenvalue weighted by Gasteiger charge is 2.26. The van der Waals surface area contributed by atoms with Crippen LogP contribution in [-0.4, -0.2) is 32.9 Å². The summed E-state index contributed by atoms with van der Waals surface area (Å²) in [4.78, 5) is 11.7. The first kappa shape index (κ1) is 13.5. The quantitative estimate of drug-likeness (QED) is 0.787. The third kappa shape index (κ3) is 4.51. The number of hydrogen-bond donors (Lipinski definition) is 1. The molecule has 0 spiro atoms. The van der Waals surface area contributed by atoms with Gasteiger partial charge in [0.1, 0.15) is 9.84 Å². The minimum atomic E-state index is -2.98. The third-order valence-electron chi connectivity index (χ3n) is 3.29. The molecule has 1 fully saturated rings. The predicted molar refractivity (Wildman–Crippen MR) is 63.8 cm³/mol. The second kappa shape index (κ2) is 5.66. The van der Waals surface area contributed by atoms with Crippen molar-refractivity contribution in [2.24, 2.45) is 11.8 Å². The van der Waals surface area contributed by atoms with Crippen LogP contribution in [0.1, 0.15) is 32.6 Å². The number of carbonyl (C=O) groups is 1. The second-order valence-corrected chi connectivity index (χ2v) is 7.01. The third-order valence-corrected chi connectivity index (χ3v) is 4.24. The highest BCUT2D eigenvalue weighted by Crippen LogP contribution is 2.31. The molecule has 1 N–H and O–H groups in total. The Kier molecular flexibility index (Phi) is 4.77. The van der Waals surface area contributed by atoms with Crippen LogP contribution in [0.3, 0.4) is 0 Å². The maximum absolute atomic E-state index is 11.7. The fourth-order valence-corrected chi connectivity index (χ4v) is 2.66. The summed E-state index contributed by atoms with van der Waals surface area (Å²) < 4.78 is 21.8. The standard InChI is InChI=1S/C11H21NO3S/c1-9(10-5-3-4-6-10)11(13)12-7-8-16(2,14)15/h9-10H,3-8H2,1-2H3,(H,12,13). The summed E-state index contributed by atoms with van der Waals surface area (Å²) in [5.74, 6) is 0.520. The molecule has 0 saturated heterocycles. The Morgan fingerprint density at radius 2 is 1.94 bits per heavy atom. The van der Waals surface area contributed by atoms with Crippen molar-refractivity contribution in [3.8, 4) is 0 Å². The lowest BCUT2D eigenvalue weighted by Crippen LogP contribution is -2.35. The van der Waals surface area contributed by atoms with Crippen LogP contribution in [0.2, 0.25) is 0 Å². The van der Waals surface area contributed by atoms with E-state index in [-0.39, 0.29) is 24.1 Å². The molecule has 94 valence electrons. The Balaban J connectivity index is 2.29. The van der Waals surface area contributed by atoms with Gasteiger partial charge in [0.05, 0.1) is 5.75 Å². The fourth-order valence-electron chi connectivity index (χ4n) is 2.19. The Labute approximate surface area is 97.7 Å². The number of carbonyl (C=O) groups excluding carboxylic acids is 1. The van der Waals surface area contributed by atoms with E-state index < -0.39 is 9.84 Å². The van der Waals surface area contributed by atoms with Crippen LogP contribution in [0.4, 0.5) is 0 Å². The number of nitrogens with one attached hydrogen (secondary N) is 1. The van der Waals surface area contributed by atoms with E-state index in [0.29, 0.717) is 5.92 Å². The van der Waals surface area contributed by atoms with Crippen LogP contribution in [-0.2, 0) is 14.6 Å². The van der Waals surface area contributed by atoms with E-state index in [1.807, 2.05) is 6.92 Å².